The number of aliphatic hydroxyl groups is 1. The summed E-state index contributed by atoms with van der Waals surface area (Å²) in [4.78, 5) is 15.5. The third-order valence-corrected chi connectivity index (χ3v) is 4.82. The van der Waals surface area contributed by atoms with Gasteiger partial charge in [0.25, 0.3) is 0 Å². The lowest BCUT2D eigenvalue weighted by atomic mass is 10.1. The molecule has 25 heavy (non-hydrogen) atoms. The first-order chi connectivity index (χ1) is 11.9. The number of halogens is 1. The first-order valence-corrected chi connectivity index (χ1v) is 9.00. The van der Waals surface area contributed by atoms with Crippen molar-refractivity contribution in [3.63, 3.8) is 0 Å². The first-order valence-electron chi connectivity index (χ1n) is 8.62. The molecule has 6 nitrogen and oxygen atoms in total. The second-order valence-corrected chi connectivity index (χ2v) is 6.70. The highest BCUT2D eigenvalue weighted by Gasteiger charge is 2.23. The molecule has 0 aromatic heterocycles. The molecule has 1 atom stereocenters. The lowest BCUT2D eigenvalue weighted by Crippen LogP contribution is -2.51. The number of nitrogens with zero attached hydrogens (tertiary/aromatic N) is 2. The van der Waals surface area contributed by atoms with Crippen molar-refractivity contribution in [2.45, 2.75) is 26.9 Å². The van der Waals surface area contributed by atoms with Crippen molar-refractivity contribution in [3.8, 4) is 5.75 Å². The zero-order valence-corrected chi connectivity index (χ0v) is 15.9. The third kappa shape index (κ3) is 5.76. The molecule has 2 rings (SSSR count). The quantitative estimate of drug-likeness (QED) is 0.833. The van der Waals surface area contributed by atoms with Crippen LogP contribution >= 0.6 is 11.6 Å². The molecule has 1 aromatic carbocycles. The van der Waals surface area contributed by atoms with Crippen molar-refractivity contribution in [1.29, 1.82) is 0 Å². The molecule has 0 radical (unpaired) electrons. The van der Waals surface area contributed by atoms with E-state index in [9.17, 15) is 9.90 Å². The number of piperazine rings is 1. The van der Waals surface area contributed by atoms with E-state index in [1.54, 1.807) is 11.8 Å². The van der Waals surface area contributed by atoms with Crippen LogP contribution in [0.2, 0.25) is 5.02 Å². The SMILES string of the molecule is CCOC(=O)N1CCN(C[C@H](O)COc2cc(C)c(Cl)c(C)c2)CC1. The van der Waals surface area contributed by atoms with Crippen LogP contribution < -0.4 is 4.74 Å². The van der Waals surface area contributed by atoms with E-state index in [0.717, 1.165) is 29.2 Å². The minimum absolute atomic E-state index is 0.221. The van der Waals surface area contributed by atoms with Crippen LogP contribution in [0.15, 0.2) is 12.1 Å². The second-order valence-electron chi connectivity index (χ2n) is 6.32. The number of rotatable bonds is 6. The maximum atomic E-state index is 11.7. The molecule has 1 amide bonds. The Hall–Kier alpha value is -1.50. The molecule has 1 N–H and O–H groups in total. The normalized spacial score (nSPS) is 16.6. The monoisotopic (exact) mass is 370 g/mol. The topological polar surface area (TPSA) is 62.2 Å². The average Bonchev–Trinajstić information content (AvgIpc) is 2.58. The van der Waals surface area contributed by atoms with Crippen LogP contribution in [0.1, 0.15) is 18.1 Å². The molecule has 1 heterocycles. The van der Waals surface area contributed by atoms with Crippen LogP contribution in [-0.2, 0) is 4.74 Å². The van der Waals surface area contributed by atoms with Gasteiger partial charge in [0.05, 0.1) is 6.61 Å². The van der Waals surface area contributed by atoms with Crippen molar-refractivity contribution in [2.24, 2.45) is 0 Å². The van der Waals surface area contributed by atoms with Gasteiger partial charge in [-0.3, -0.25) is 4.90 Å². The highest BCUT2D eigenvalue weighted by atomic mass is 35.5. The largest absolute Gasteiger partial charge is 0.491 e. The molecule has 1 aliphatic rings. The van der Waals surface area contributed by atoms with E-state index in [4.69, 9.17) is 21.1 Å². The number of aliphatic hydroxyl groups excluding tert-OH is 1. The van der Waals surface area contributed by atoms with Crippen LogP contribution in [0.3, 0.4) is 0 Å². The highest BCUT2D eigenvalue weighted by molar-refractivity contribution is 6.32. The van der Waals surface area contributed by atoms with Crippen LogP contribution in [0.5, 0.6) is 5.75 Å². The van der Waals surface area contributed by atoms with Crippen molar-refractivity contribution >= 4 is 17.7 Å². The van der Waals surface area contributed by atoms with Gasteiger partial charge in [0.1, 0.15) is 18.5 Å². The van der Waals surface area contributed by atoms with E-state index in [0.29, 0.717) is 32.0 Å². The summed E-state index contributed by atoms with van der Waals surface area (Å²) in [7, 11) is 0. The van der Waals surface area contributed by atoms with Gasteiger partial charge in [0, 0.05) is 37.7 Å². The van der Waals surface area contributed by atoms with Gasteiger partial charge in [-0.1, -0.05) is 11.6 Å². The van der Waals surface area contributed by atoms with Gasteiger partial charge in [0.2, 0.25) is 0 Å². The van der Waals surface area contributed by atoms with Crippen molar-refractivity contribution in [1.82, 2.24) is 9.80 Å². The Kier molecular flexibility index (Phi) is 7.35. The van der Waals surface area contributed by atoms with Gasteiger partial charge in [0.15, 0.2) is 0 Å². The molecule has 0 unspecified atom stereocenters. The zero-order valence-electron chi connectivity index (χ0n) is 15.1. The number of aryl methyl sites for hydroxylation is 2. The van der Waals surface area contributed by atoms with Crippen LogP contribution in [0, 0.1) is 13.8 Å². The summed E-state index contributed by atoms with van der Waals surface area (Å²) in [6.07, 6.45) is -0.857. The van der Waals surface area contributed by atoms with E-state index < -0.39 is 6.10 Å². The summed E-state index contributed by atoms with van der Waals surface area (Å²) in [5.74, 6) is 0.714. The fraction of sp³-hybridized carbons (Fsp3) is 0.611. The smallest absolute Gasteiger partial charge is 0.409 e. The van der Waals surface area contributed by atoms with Gasteiger partial charge in [-0.25, -0.2) is 4.79 Å². The molecule has 1 aliphatic heterocycles. The molecular formula is C18H27ClN2O4. The number of benzene rings is 1. The van der Waals surface area contributed by atoms with Gasteiger partial charge in [-0.2, -0.15) is 0 Å². The van der Waals surface area contributed by atoms with Crippen LogP contribution in [0.4, 0.5) is 4.79 Å². The minimum Gasteiger partial charge on any atom is -0.491 e. The zero-order chi connectivity index (χ0) is 18.4. The van der Waals surface area contributed by atoms with E-state index in [-0.39, 0.29) is 12.7 Å². The molecule has 0 spiro atoms. The highest BCUT2D eigenvalue weighted by Crippen LogP contribution is 2.25. The summed E-state index contributed by atoms with van der Waals surface area (Å²) >= 11 is 6.15. The van der Waals surface area contributed by atoms with Crippen LogP contribution in [-0.4, -0.2) is 73.0 Å². The van der Waals surface area contributed by atoms with E-state index in [1.165, 1.54) is 0 Å². The first kappa shape index (κ1) is 19.8. The van der Waals surface area contributed by atoms with Crippen molar-refractivity contribution in [2.75, 3.05) is 45.9 Å². The van der Waals surface area contributed by atoms with E-state index >= 15 is 0 Å². The molecule has 1 aromatic rings. The summed E-state index contributed by atoms with van der Waals surface area (Å²) in [6, 6.07) is 3.75. The Morgan fingerprint density at radius 1 is 1.24 bits per heavy atom. The molecule has 0 saturated carbocycles. The Balaban J connectivity index is 1.74. The Labute approximate surface area is 154 Å². The molecule has 0 aliphatic carbocycles. The predicted molar refractivity (Wildman–Crippen MR) is 97.5 cm³/mol. The number of β-amino-alcohol motifs (C(OH)–C–C–N with tert-alkyl or cyclic N) is 1. The lowest BCUT2D eigenvalue weighted by Gasteiger charge is -2.34. The van der Waals surface area contributed by atoms with Crippen molar-refractivity contribution < 1.29 is 19.4 Å². The number of amides is 1. The van der Waals surface area contributed by atoms with E-state index in [1.807, 2.05) is 26.0 Å². The molecule has 1 fully saturated rings. The van der Waals surface area contributed by atoms with Gasteiger partial charge in [-0.05, 0) is 44.0 Å². The van der Waals surface area contributed by atoms with Gasteiger partial charge >= 0.3 is 6.09 Å². The predicted octanol–water partition coefficient (Wildman–Crippen LogP) is 2.47. The van der Waals surface area contributed by atoms with Crippen LogP contribution in [0.25, 0.3) is 0 Å². The van der Waals surface area contributed by atoms with Gasteiger partial charge < -0.3 is 19.5 Å². The number of hydrogen-bond acceptors (Lipinski definition) is 5. The number of carbonyl (C=O) groups is 1. The second kappa shape index (κ2) is 9.27. The fourth-order valence-corrected chi connectivity index (χ4v) is 2.97. The molecule has 1 saturated heterocycles. The number of ether oxygens (including phenoxy) is 2. The molecular weight excluding hydrogens is 344 g/mol. The van der Waals surface area contributed by atoms with Gasteiger partial charge in [-0.15, -0.1) is 0 Å². The maximum absolute atomic E-state index is 11.7. The summed E-state index contributed by atoms with van der Waals surface area (Å²) < 4.78 is 10.7. The molecule has 140 valence electrons. The Bertz CT molecular complexity index is 565. The fourth-order valence-electron chi connectivity index (χ4n) is 2.86. The summed E-state index contributed by atoms with van der Waals surface area (Å²) in [5, 5.41) is 11.0. The third-order valence-electron chi connectivity index (χ3n) is 4.22. The molecule has 0 bridgehead atoms. The molecule has 7 heteroatoms. The summed E-state index contributed by atoms with van der Waals surface area (Å²) in [5.41, 5.74) is 1.92. The number of hydrogen-bond donors (Lipinski definition) is 1. The Morgan fingerprint density at radius 3 is 2.40 bits per heavy atom. The average molecular weight is 371 g/mol. The standard InChI is InChI=1S/C18H27ClN2O4/c1-4-24-18(23)21-7-5-20(6-8-21)11-15(22)12-25-16-9-13(2)17(19)14(3)10-16/h9-10,15,22H,4-8,11-12H2,1-3H3/t15-/m0/s1. The Morgan fingerprint density at radius 2 is 1.84 bits per heavy atom. The number of carbonyl (C=O) groups excluding carboxylic acids is 1. The van der Waals surface area contributed by atoms with Crippen molar-refractivity contribution in [3.05, 3.63) is 28.3 Å². The minimum atomic E-state index is -0.592. The van der Waals surface area contributed by atoms with E-state index in [2.05, 4.69) is 4.90 Å². The lowest BCUT2D eigenvalue weighted by molar-refractivity contribution is 0.0407. The maximum Gasteiger partial charge on any atom is 0.409 e. The summed E-state index contributed by atoms with van der Waals surface area (Å²) in [6.45, 7) is 9.45.